The average Bonchev–Trinajstić information content (AvgIpc) is 2.38. The van der Waals surface area contributed by atoms with E-state index >= 15 is 0 Å². The summed E-state index contributed by atoms with van der Waals surface area (Å²) in [6.07, 6.45) is 3.97. The van der Waals surface area contributed by atoms with Crippen molar-refractivity contribution in [3.8, 4) is 0 Å². The first-order valence-electron chi connectivity index (χ1n) is 6.00. The monoisotopic (exact) mass is 272 g/mol. The van der Waals surface area contributed by atoms with Gasteiger partial charge in [-0.1, -0.05) is 6.92 Å². The predicted molar refractivity (Wildman–Crippen MR) is 70.4 cm³/mol. The molecule has 0 aliphatic carbocycles. The quantitative estimate of drug-likeness (QED) is 0.664. The van der Waals surface area contributed by atoms with Gasteiger partial charge in [-0.25, -0.2) is 23.1 Å². The first kappa shape index (κ1) is 15.0. The van der Waals surface area contributed by atoms with Crippen LogP contribution in [0.15, 0.2) is 18.6 Å². The van der Waals surface area contributed by atoms with Gasteiger partial charge in [0.2, 0.25) is 10.0 Å². The zero-order valence-corrected chi connectivity index (χ0v) is 11.6. The highest BCUT2D eigenvalue weighted by atomic mass is 32.2. The highest BCUT2D eigenvalue weighted by Gasteiger charge is 2.19. The molecular weight excluding hydrogens is 252 g/mol. The van der Waals surface area contributed by atoms with E-state index in [2.05, 4.69) is 20.0 Å². The van der Waals surface area contributed by atoms with Crippen LogP contribution in [0.4, 0.5) is 0 Å². The molecule has 2 N–H and O–H groups in total. The number of hydrogen-bond acceptors (Lipinski definition) is 5. The van der Waals surface area contributed by atoms with Crippen molar-refractivity contribution in [1.82, 2.24) is 20.0 Å². The van der Waals surface area contributed by atoms with Crippen LogP contribution >= 0.6 is 0 Å². The fraction of sp³-hybridized carbons (Fsp3) is 0.636. The molecule has 7 heteroatoms. The molecule has 6 nitrogen and oxygen atoms in total. The van der Waals surface area contributed by atoms with Crippen LogP contribution in [0, 0.1) is 0 Å². The molecule has 0 bridgehead atoms. The third-order valence-corrected chi connectivity index (χ3v) is 4.26. The van der Waals surface area contributed by atoms with Gasteiger partial charge in [0, 0.05) is 12.7 Å². The van der Waals surface area contributed by atoms with Gasteiger partial charge in [-0.15, -0.1) is 0 Å². The Hall–Kier alpha value is -1.05. The Labute approximate surface area is 108 Å². The van der Waals surface area contributed by atoms with Gasteiger partial charge in [0.1, 0.15) is 6.33 Å². The van der Waals surface area contributed by atoms with E-state index in [1.165, 1.54) is 6.33 Å². The van der Waals surface area contributed by atoms with Gasteiger partial charge >= 0.3 is 0 Å². The maximum Gasteiger partial charge on any atom is 0.215 e. The summed E-state index contributed by atoms with van der Waals surface area (Å²) in [5.74, 6) is 0. The molecule has 0 saturated carbocycles. The Bertz CT molecular complexity index is 436. The number of sulfonamides is 1. The minimum atomic E-state index is -3.31. The molecule has 0 radical (unpaired) electrons. The molecule has 0 amide bonds. The first-order valence-corrected chi connectivity index (χ1v) is 7.55. The van der Waals surface area contributed by atoms with Gasteiger partial charge in [0.15, 0.2) is 0 Å². The molecular formula is C11H20N4O2S. The van der Waals surface area contributed by atoms with Crippen LogP contribution in [-0.4, -0.2) is 36.7 Å². The van der Waals surface area contributed by atoms with Crippen molar-refractivity contribution < 1.29 is 8.42 Å². The largest absolute Gasteiger partial charge is 0.315 e. The minimum absolute atomic E-state index is 0.197. The third-order valence-electron chi connectivity index (χ3n) is 2.49. The molecule has 1 rings (SSSR count). The summed E-state index contributed by atoms with van der Waals surface area (Å²) in [6, 6.07) is 1.68. The summed E-state index contributed by atoms with van der Waals surface area (Å²) in [4.78, 5) is 7.74. The standard InChI is InChI=1S/C11H20N4O2S/c1-3-5-12-7-10(2)18(16,17)15-8-11-4-6-13-9-14-11/h4,6,9-10,12,15H,3,5,7-8H2,1-2H3. The molecule has 0 aliphatic heterocycles. The van der Waals surface area contributed by atoms with Gasteiger partial charge in [0.25, 0.3) is 0 Å². The average molecular weight is 272 g/mol. The maximum absolute atomic E-state index is 11.9. The van der Waals surface area contributed by atoms with Gasteiger partial charge < -0.3 is 5.32 Å². The van der Waals surface area contributed by atoms with Crippen molar-refractivity contribution in [3.63, 3.8) is 0 Å². The lowest BCUT2D eigenvalue weighted by Crippen LogP contribution is -2.39. The second-order valence-electron chi connectivity index (χ2n) is 4.08. The SMILES string of the molecule is CCCNCC(C)S(=O)(=O)NCc1ccncn1. The van der Waals surface area contributed by atoms with E-state index < -0.39 is 15.3 Å². The number of rotatable bonds is 8. The maximum atomic E-state index is 11.9. The Kier molecular flexibility index (Phi) is 6.17. The fourth-order valence-corrected chi connectivity index (χ4v) is 2.30. The van der Waals surface area contributed by atoms with E-state index in [1.54, 1.807) is 19.2 Å². The summed E-state index contributed by atoms with van der Waals surface area (Å²) in [7, 11) is -3.31. The topological polar surface area (TPSA) is 84.0 Å². The highest BCUT2D eigenvalue weighted by molar-refractivity contribution is 7.90. The highest BCUT2D eigenvalue weighted by Crippen LogP contribution is 1.99. The Morgan fingerprint density at radius 2 is 2.22 bits per heavy atom. The minimum Gasteiger partial charge on any atom is -0.315 e. The van der Waals surface area contributed by atoms with Crippen LogP contribution in [0.5, 0.6) is 0 Å². The number of nitrogens with one attached hydrogen (secondary N) is 2. The van der Waals surface area contributed by atoms with E-state index in [1.807, 2.05) is 6.92 Å². The molecule has 1 atom stereocenters. The van der Waals surface area contributed by atoms with Crippen LogP contribution < -0.4 is 10.0 Å². The zero-order valence-electron chi connectivity index (χ0n) is 10.8. The lowest BCUT2D eigenvalue weighted by atomic mass is 10.4. The molecule has 102 valence electrons. The van der Waals surface area contributed by atoms with Crippen LogP contribution in [0.2, 0.25) is 0 Å². The van der Waals surface area contributed by atoms with Crippen molar-refractivity contribution in [2.45, 2.75) is 32.1 Å². The Balaban J connectivity index is 2.44. The van der Waals surface area contributed by atoms with Crippen molar-refractivity contribution in [2.75, 3.05) is 13.1 Å². The molecule has 1 unspecified atom stereocenters. The summed E-state index contributed by atoms with van der Waals surface area (Å²) in [6.45, 7) is 5.20. The Morgan fingerprint density at radius 3 is 2.83 bits per heavy atom. The van der Waals surface area contributed by atoms with E-state index in [0.29, 0.717) is 12.2 Å². The van der Waals surface area contributed by atoms with Crippen LogP contribution in [0.3, 0.4) is 0 Å². The lowest BCUT2D eigenvalue weighted by Gasteiger charge is -2.14. The zero-order chi connectivity index (χ0) is 13.4. The lowest BCUT2D eigenvalue weighted by molar-refractivity contribution is 0.556. The Morgan fingerprint density at radius 1 is 1.44 bits per heavy atom. The second-order valence-corrected chi connectivity index (χ2v) is 6.27. The molecule has 18 heavy (non-hydrogen) atoms. The summed E-state index contributed by atoms with van der Waals surface area (Å²) < 4.78 is 26.4. The second kappa shape index (κ2) is 7.40. The molecule has 0 aliphatic rings. The van der Waals surface area contributed by atoms with Crippen LogP contribution in [0.1, 0.15) is 26.0 Å². The fourth-order valence-electron chi connectivity index (χ4n) is 1.33. The summed E-state index contributed by atoms with van der Waals surface area (Å²) in [5.41, 5.74) is 0.655. The normalized spacial score (nSPS) is 13.4. The van der Waals surface area contributed by atoms with Crippen LogP contribution in [-0.2, 0) is 16.6 Å². The first-order chi connectivity index (χ1) is 8.56. The summed E-state index contributed by atoms with van der Waals surface area (Å²) >= 11 is 0. The predicted octanol–water partition coefficient (Wildman–Crippen LogP) is 0.284. The van der Waals surface area contributed by atoms with Gasteiger partial charge in [-0.2, -0.15) is 0 Å². The van der Waals surface area contributed by atoms with Gasteiger partial charge in [-0.05, 0) is 26.0 Å². The number of hydrogen-bond donors (Lipinski definition) is 2. The molecule has 0 aromatic carbocycles. The van der Waals surface area contributed by atoms with E-state index in [4.69, 9.17) is 0 Å². The number of nitrogens with zero attached hydrogens (tertiary/aromatic N) is 2. The molecule has 0 fully saturated rings. The molecule has 0 spiro atoms. The molecule has 1 heterocycles. The van der Waals surface area contributed by atoms with E-state index in [0.717, 1.165) is 13.0 Å². The van der Waals surface area contributed by atoms with E-state index in [9.17, 15) is 8.42 Å². The van der Waals surface area contributed by atoms with Crippen molar-refractivity contribution >= 4 is 10.0 Å². The van der Waals surface area contributed by atoms with Crippen molar-refractivity contribution in [2.24, 2.45) is 0 Å². The van der Waals surface area contributed by atoms with Crippen molar-refractivity contribution in [3.05, 3.63) is 24.3 Å². The van der Waals surface area contributed by atoms with Gasteiger partial charge in [0.05, 0.1) is 17.5 Å². The van der Waals surface area contributed by atoms with E-state index in [-0.39, 0.29) is 6.54 Å². The van der Waals surface area contributed by atoms with Crippen molar-refractivity contribution in [1.29, 1.82) is 0 Å². The number of aromatic nitrogens is 2. The molecule has 1 aromatic rings. The third kappa shape index (κ3) is 5.07. The molecule has 1 aromatic heterocycles. The molecule has 0 saturated heterocycles. The van der Waals surface area contributed by atoms with Gasteiger partial charge in [-0.3, -0.25) is 0 Å². The summed E-state index contributed by atoms with van der Waals surface area (Å²) in [5, 5.41) is 2.63. The van der Waals surface area contributed by atoms with Crippen LogP contribution in [0.25, 0.3) is 0 Å². The smallest absolute Gasteiger partial charge is 0.215 e.